The van der Waals surface area contributed by atoms with Crippen molar-refractivity contribution in [3.05, 3.63) is 58.7 Å². The molecular weight excluding hydrogens is 272 g/mol. The van der Waals surface area contributed by atoms with Gasteiger partial charge >= 0.3 is 0 Å². The maximum absolute atomic E-state index is 9.24. The Morgan fingerprint density at radius 2 is 1.36 bits per heavy atom. The summed E-state index contributed by atoms with van der Waals surface area (Å²) in [6.45, 7) is 12.6. The third-order valence-corrected chi connectivity index (χ3v) is 3.63. The second-order valence-electron chi connectivity index (χ2n) is 6.45. The summed E-state index contributed by atoms with van der Waals surface area (Å²) in [5.41, 5.74) is 4.79. The number of rotatable bonds is 2. The molecule has 0 unspecified atom stereocenters. The van der Waals surface area contributed by atoms with Crippen LogP contribution in [0.5, 0.6) is 11.5 Å². The molecule has 2 nitrogen and oxygen atoms in total. The van der Waals surface area contributed by atoms with Crippen molar-refractivity contribution < 1.29 is 10.2 Å². The molecule has 0 radical (unpaired) electrons. The summed E-state index contributed by atoms with van der Waals surface area (Å²) < 4.78 is 0. The number of hydrogen-bond donors (Lipinski definition) is 2. The van der Waals surface area contributed by atoms with E-state index < -0.39 is 0 Å². The van der Waals surface area contributed by atoms with Crippen molar-refractivity contribution in [2.24, 2.45) is 0 Å². The van der Waals surface area contributed by atoms with Crippen LogP contribution in [0.2, 0.25) is 0 Å². The van der Waals surface area contributed by atoms with E-state index in [1.54, 1.807) is 18.2 Å². The fourth-order valence-electron chi connectivity index (χ4n) is 2.43. The van der Waals surface area contributed by atoms with Crippen LogP contribution in [0.3, 0.4) is 0 Å². The van der Waals surface area contributed by atoms with E-state index in [2.05, 4.69) is 33.8 Å². The Balaban J connectivity index is 0.000000220. The van der Waals surface area contributed by atoms with E-state index in [1.165, 1.54) is 16.7 Å². The Morgan fingerprint density at radius 3 is 1.82 bits per heavy atom. The first-order chi connectivity index (χ1) is 10.2. The molecule has 2 rings (SSSR count). The van der Waals surface area contributed by atoms with Crippen molar-refractivity contribution in [2.75, 3.05) is 0 Å². The van der Waals surface area contributed by atoms with Crippen molar-refractivity contribution in [2.45, 2.75) is 53.4 Å². The van der Waals surface area contributed by atoms with Gasteiger partial charge in [0, 0.05) is 0 Å². The zero-order valence-corrected chi connectivity index (χ0v) is 14.5. The van der Waals surface area contributed by atoms with Gasteiger partial charge in [0.2, 0.25) is 0 Å². The van der Waals surface area contributed by atoms with E-state index in [1.807, 2.05) is 26.0 Å². The van der Waals surface area contributed by atoms with Crippen LogP contribution in [0.15, 0.2) is 36.4 Å². The molecule has 0 fully saturated rings. The van der Waals surface area contributed by atoms with Gasteiger partial charge < -0.3 is 10.2 Å². The largest absolute Gasteiger partial charge is 0.508 e. The van der Waals surface area contributed by atoms with Gasteiger partial charge in [0.1, 0.15) is 11.5 Å². The first-order valence-electron chi connectivity index (χ1n) is 7.80. The highest BCUT2D eigenvalue weighted by atomic mass is 16.3. The normalized spacial score (nSPS) is 10.5. The number of hydrogen-bond acceptors (Lipinski definition) is 2. The monoisotopic (exact) mass is 300 g/mol. The summed E-state index contributed by atoms with van der Waals surface area (Å²) >= 11 is 0. The molecule has 2 aromatic carbocycles. The minimum absolute atomic E-state index is 0.354. The maximum atomic E-state index is 9.24. The van der Waals surface area contributed by atoms with Crippen LogP contribution < -0.4 is 0 Å². The molecule has 2 N–H and O–H groups in total. The molecule has 0 heterocycles. The molecule has 120 valence electrons. The molecular formula is C20H28O2. The van der Waals surface area contributed by atoms with Crippen molar-refractivity contribution in [1.82, 2.24) is 0 Å². The summed E-state index contributed by atoms with van der Waals surface area (Å²) in [4.78, 5) is 0. The Bertz CT molecular complexity index is 593. The molecule has 0 aromatic heterocycles. The van der Waals surface area contributed by atoms with E-state index in [0.29, 0.717) is 23.3 Å². The molecule has 0 aliphatic carbocycles. The van der Waals surface area contributed by atoms with Crippen LogP contribution in [0.25, 0.3) is 0 Å². The number of aromatic hydroxyl groups is 2. The van der Waals surface area contributed by atoms with Gasteiger partial charge in [-0.15, -0.1) is 0 Å². The lowest BCUT2D eigenvalue weighted by Gasteiger charge is -2.08. The van der Waals surface area contributed by atoms with Gasteiger partial charge in [-0.05, 0) is 72.2 Å². The smallest absolute Gasteiger partial charge is 0.116 e. The predicted molar refractivity (Wildman–Crippen MR) is 93.9 cm³/mol. The molecule has 0 bridgehead atoms. The standard InChI is InChI=1S/2C10H14O/c1-7(2)9-4-8(3)5-10(11)6-9;1-7(2)10-5-4-9(11)6-8(10)3/h2*4-7,11H,1-3H3. The summed E-state index contributed by atoms with van der Waals surface area (Å²) in [5, 5.41) is 18.4. The van der Waals surface area contributed by atoms with Gasteiger partial charge in [0.05, 0.1) is 0 Å². The van der Waals surface area contributed by atoms with E-state index in [9.17, 15) is 5.11 Å². The second kappa shape index (κ2) is 7.88. The van der Waals surface area contributed by atoms with E-state index in [-0.39, 0.29) is 0 Å². The lowest BCUT2D eigenvalue weighted by Crippen LogP contribution is -1.90. The first kappa shape index (κ1) is 18.1. The van der Waals surface area contributed by atoms with Crippen LogP contribution >= 0.6 is 0 Å². The van der Waals surface area contributed by atoms with Crippen LogP contribution in [-0.2, 0) is 0 Å². The third-order valence-electron chi connectivity index (χ3n) is 3.63. The Kier molecular flexibility index (Phi) is 6.48. The Morgan fingerprint density at radius 1 is 0.727 bits per heavy atom. The zero-order valence-electron chi connectivity index (χ0n) is 14.5. The molecule has 0 amide bonds. The molecule has 0 spiro atoms. The summed E-state index contributed by atoms with van der Waals surface area (Å²) in [6.07, 6.45) is 0. The van der Waals surface area contributed by atoms with Crippen molar-refractivity contribution >= 4 is 0 Å². The highest BCUT2D eigenvalue weighted by molar-refractivity contribution is 5.35. The fraction of sp³-hybridized carbons (Fsp3) is 0.400. The average Bonchev–Trinajstić information content (AvgIpc) is 2.37. The second-order valence-corrected chi connectivity index (χ2v) is 6.45. The molecule has 2 aromatic rings. The predicted octanol–water partition coefficient (Wildman–Crippen LogP) is 5.65. The molecule has 22 heavy (non-hydrogen) atoms. The topological polar surface area (TPSA) is 40.5 Å². The molecule has 0 atom stereocenters. The van der Waals surface area contributed by atoms with Crippen LogP contribution in [0.1, 0.15) is 61.8 Å². The molecule has 2 heteroatoms. The quantitative estimate of drug-likeness (QED) is 0.752. The minimum Gasteiger partial charge on any atom is -0.508 e. The summed E-state index contributed by atoms with van der Waals surface area (Å²) in [7, 11) is 0. The van der Waals surface area contributed by atoms with Crippen molar-refractivity contribution in [3.63, 3.8) is 0 Å². The van der Waals surface area contributed by atoms with Crippen molar-refractivity contribution in [1.29, 1.82) is 0 Å². The van der Waals surface area contributed by atoms with Gasteiger partial charge in [0.15, 0.2) is 0 Å². The number of phenolic OH excluding ortho intramolecular Hbond substituents is 2. The van der Waals surface area contributed by atoms with Crippen LogP contribution in [-0.4, -0.2) is 10.2 Å². The number of benzene rings is 2. The Labute approximate surface area is 134 Å². The zero-order chi connectivity index (χ0) is 16.9. The Hall–Kier alpha value is -1.96. The third kappa shape index (κ3) is 5.44. The molecule has 0 saturated heterocycles. The SMILES string of the molecule is Cc1cc(O)cc(C(C)C)c1.Cc1cc(O)ccc1C(C)C. The lowest BCUT2D eigenvalue weighted by atomic mass is 9.98. The number of aryl methyl sites for hydroxylation is 2. The lowest BCUT2D eigenvalue weighted by molar-refractivity contribution is 0.473. The van der Waals surface area contributed by atoms with E-state index in [4.69, 9.17) is 5.11 Å². The minimum atomic E-state index is 0.354. The summed E-state index contributed by atoms with van der Waals surface area (Å²) in [5.74, 6) is 1.75. The average molecular weight is 300 g/mol. The van der Waals surface area contributed by atoms with Gasteiger partial charge in [-0.25, -0.2) is 0 Å². The highest BCUT2D eigenvalue weighted by Crippen LogP contribution is 2.22. The van der Waals surface area contributed by atoms with Gasteiger partial charge in [-0.3, -0.25) is 0 Å². The number of phenols is 2. The molecule has 0 aliphatic heterocycles. The van der Waals surface area contributed by atoms with Crippen LogP contribution in [0, 0.1) is 13.8 Å². The molecule has 0 aliphatic rings. The van der Waals surface area contributed by atoms with Gasteiger partial charge in [0.25, 0.3) is 0 Å². The van der Waals surface area contributed by atoms with Crippen molar-refractivity contribution in [3.8, 4) is 11.5 Å². The summed E-state index contributed by atoms with van der Waals surface area (Å²) in [6, 6.07) is 11.2. The maximum Gasteiger partial charge on any atom is 0.116 e. The van der Waals surface area contributed by atoms with E-state index in [0.717, 1.165) is 5.56 Å². The van der Waals surface area contributed by atoms with Gasteiger partial charge in [-0.2, -0.15) is 0 Å². The fourth-order valence-corrected chi connectivity index (χ4v) is 2.43. The van der Waals surface area contributed by atoms with E-state index >= 15 is 0 Å². The first-order valence-corrected chi connectivity index (χ1v) is 7.80. The molecule has 0 saturated carbocycles. The highest BCUT2D eigenvalue weighted by Gasteiger charge is 2.02. The van der Waals surface area contributed by atoms with Crippen LogP contribution in [0.4, 0.5) is 0 Å². The van der Waals surface area contributed by atoms with Gasteiger partial charge in [-0.1, -0.05) is 39.8 Å².